The van der Waals surface area contributed by atoms with Crippen molar-refractivity contribution < 1.29 is 24.2 Å². The Kier molecular flexibility index (Phi) is 7.67. The number of nitrogens with one attached hydrogen (secondary N) is 1. The average Bonchev–Trinajstić information content (AvgIpc) is 2.69. The van der Waals surface area contributed by atoms with Crippen molar-refractivity contribution in [2.75, 3.05) is 20.8 Å². The number of para-hydroxylation sites is 2. The van der Waals surface area contributed by atoms with E-state index in [9.17, 15) is 14.7 Å². The van der Waals surface area contributed by atoms with E-state index in [1.54, 1.807) is 20.3 Å². The van der Waals surface area contributed by atoms with Crippen LogP contribution in [0.1, 0.15) is 17.5 Å². The molecule has 0 radical (unpaired) electrons. The minimum absolute atomic E-state index is 0.0676. The molecule has 0 fully saturated rings. The van der Waals surface area contributed by atoms with Gasteiger partial charge in [0.1, 0.15) is 11.5 Å². The summed E-state index contributed by atoms with van der Waals surface area (Å²) in [6.45, 7) is 0.0676. The first-order chi connectivity index (χ1) is 13.0. The summed E-state index contributed by atoms with van der Waals surface area (Å²) in [5.74, 6) is -0.481. The van der Waals surface area contributed by atoms with E-state index in [0.717, 1.165) is 16.9 Å². The third kappa shape index (κ3) is 6.02. The molecule has 2 aromatic rings. The van der Waals surface area contributed by atoms with Crippen LogP contribution in [0.2, 0.25) is 0 Å². The lowest BCUT2D eigenvalue weighted by Gasteiger charge is -2.15. The van der Waals surface area contributed by atoms with Crippen LogP contribution in [-0.4, -0.2) is 37.7 Å². The van der Waals surface area contributed by atoms with Gasteiger partial charge in [-0.2, -0.15) is 0 Å². The summed E-state index contributed by atoms with van der Waals surface area (Å²) < 4.78 is 10.5. The van der Waals surface area contributed by atoms with E-state index in [1.165, 1.54) is 0 Å². The number of aliphatic carboxylic acids is 1. The number of carboxylic acid groups (broad SMARTS) is 1. The van der Waals surface area contributed by atoms with Gasteiger partial charge in [-0.05, 0) is 36.1 Å². The highest BCUT2D eigenvalue weighted by atomic mass is 16.5. The van der Waals surface area contributed by atoms with E-state index in [1.807, 2.05) is 42.5 Å². The molecule has 0 aliphatic heterocycles. The van der Waals surface area contributed by atoms with Crippen LogP contribution < -0.4 is 14.8 Å². The number of carbonyl (C=O) groups is 2. The molecule has 0 spiro atoms. The second-order valence-corrected chi connectivity index (χ2v) is 6.17. The van der Waals surface area contributed by atoms with Crippen molar-refractivity contribution in [1.82, 2.24) is 5.32 Å². The molecule has 6 heteroatoms. The van der Waals surface area contributed by atoms with Crippen LogP contribution in [0.4, 0.5) is 0 Å². The molecule has 0 aromatic heterocycles. The zero-order chi connectivity index (χ0) is 19.6. The van der Waals surface area contributed by atoms with E-state index >= 15 is 0 Å². The van der Waals surface area contributed by atoms with Gasteiger partial charge in [0.05, 0.1) is 20.1 Å². The van der Waals surface area contributed by atoms with Crippen LogP contribution in [0.3, 0.4) is 0 Å². The second-order valence-electron chi connectivity index (χ2n) is 6.17. The summed E-state index contributed by atoms with van der Waals surface area (Å²) in [5, 5.41) is 12.2. The maximum absolute atomic E-state index is 12.1. The number of carbonyl (C=O) groups excluding carboxylic acids is 1. The molecule has 0 aliphatic rings. The highest BCUT2D eigenvalue weighted by Crippen LogP contribution is 2.21. The van der Waals surface area contributed by atoms with Gasteiger partial charge in [-0.15, -0.1) is 0 Å². The molecule has 1 amide bonds. The fraction of sp³-hybridized carbons (Fsp3) is 0.333. The van der Waals surface area contributed by atoms with E-state index < -0.39 is 11.9 Å². The quantitative estimate of drug-likeness (QED) is 0.671. The van der Waals surface area contributed by atoms with Crippen LogP contribution in [0.25, 0.3) is 0 Å². The third-order valence-electron chi connectivity index (χ3n) is 4.37. The molecular formula is C21H25NO5. The lowest BCUT2D eigenvalue weighted by molar-refractivity contribution is -0.141. The number of amides is 1. The van der Waals surface area contributed by atoms with Crippen molar-refractivity contribution in [2.24, 2.45) is 5.92 Å². The van der Waals surface area contributed by atoms with Crippen LogP contribution in [0, 0.1) is 5.92 Å². The molecule has 0 aliphatic carbocycles. The summed E-state index contributed by atoms with van der Waals surface area (Å²) in [5.41, 5.74) is 1.75. The molecule has 0 heterocycles. The van der Waals surface area contributed by atoms with Crippen molar-refractivity contribution in [3.05, 3.63) is 59.7 Å². The predicted octanol–water partition coefficient (Wildman–Crippen LogP) is 2.70. The summed E-state index contributed by atoms with van der Waals surface area (Å²) >= 11 is 0. The molecule has 0 saturated heterocycles. The Balaban J connectivity index is 1.89. The number of hydrogen-bond donors (Lipinski definition) is 2. The van der Waals surface area contributed by atoms with E-state index in [0.29, 0.717) is 12.2 Å². The van der Waals surface area contributed by atoms with E-state index in [2.05, 4.69) is 5.32 Å². The predicted molar refractivity (Wildman–Crippen MR) is 102 cm³/mol. The Bertz CT molecular complexity index is 775. The molecule has 1 unspecified atom stereocenters. The van der Waals surface area contributed by atoms with E-state index in [-0.39, 0.29) is 25.3 Å². The van der Waals surface area contributed by atoms with Gasteiger partial charge in [-0.3, -0.25) is 9.59 Å². The Morgan fingerprint density at radius 3 is 2.11 bits per heavy atom. The summed E-state index contributed by atoms with van der Waals surface area (Å²) in [6.07, 6.45) is 1.08. The first-order valence-electron chi connectivity index (χ1n) is 8.78. The maximum atomic E-state index is 12.1. The first-order valence-corrected chi connectivity index (χ1v) is 8.78. The minimum Gasteiger partial charge on any atom is -0.496 e. The number of aryl methyl sites for hydroxylation is 1. The SMILES string of the molecule is COc1ccccc1CCC(=O)NCC(Cc1ccccc1OC)C(=O)O. The van der Waals surface area contributed by atoms with Crippen LogP contribution in [0.5, 0.6) is 11.5 Å². The molecule has 27 heavy (non-hydrogen) atoms. The van der Waals surface area contributed by atoms with Crippen molar-refractivity contribution >= 4 is 11.9 Å². The zero-order valence-corrected chi connectivity index (χ0v) is 15.6. The maximum Gasteiger partial charge on any atom is 0.308 e. The topological polar surface area (TPSA) is 84.9 Å². The van der Waals surface area contributed by atoms with E-state index in [4.69, 9.17) is 9.47 Å². The van der Waals surface area contributed by atoms with Gasteiger partial charge in [0.15, 0.2) is 0 Å². The molecule has 144 valence electrons. The first kappa shape index (κ1) is 20.3. The summed E-state index contributed by atoms with van der Waals surface area (Å²) in [7, 11) is 3.14. The van der Waals surface area contributed by atoms with Gasteiger partial charge >= 0.3 is 5.97 Å². The molecule has 0 bridgehead atoms. The molecular weight excluding hydrogens is 346 g/mol. The number of rotatable bonds is 10. The van der Waals surface area contributed by atoms with Gasteiger partial charge in [0, 0.05) is 13.0 Å². The molecule has 2 rings (SSSR count). The standard InChI is InChI=1S/C21H25NO5/c1-26-18-9-5-3-7-15(18)11-12-20(23)22-14-17(21(24)25)13-16-8-4-6-10-19(16)27-2/h3-10,17H,11-14H2,1-2H3,(H,22,23)(H,24,25). The summed E-state index contributed by atoms with van der Waals surface area (Å²) in [6, 6.07) is 14.8. The molecule has 2 N–H and O–H groups in total. The Morgan fingerprint density at radius 2 is 1.52 bits per heavy atom. The van der Waals surface area contributed by atoms with Gasteiger partial charge in [0.25, 0.3) is 0 Å². The van der Waals surface area contributed by atoms with Gasteiger partial charge in [-0.25, -0.2) is 0 Å². The second kappa shape index (κ2) is 10.2. The Labute approximate surface area is 159 Å². The Morgan fingerprint density at radius 1 is 0.963 bits per heavy atom. The average molecular weight is 371 g/mol. The molecule has 6 nitrogen and oxygen atoms in total. The molecule has 2 aromatic carbocycles. The highest BCUT2D eigenvalue weighted by molar-refractivity contribution is 5.77. The largest absolute Gasteiger partial charge is 0.496 e. The van der Waals surface area contributed by atoms with Gasteiger partial charge < -0.3 is 19.9 Å². The number of ether oxygens (including phenoxy) is 2. The number of carboxylic acids is 1. The smallest absolute Gasteiger partial charge is 0.308 e. The van der Waals surface area contributed by atoms with Crippen molar-refractivity contribution in [2.45, 2.75) is 19.3 Å². The van der Waals surface area contributed by atoms with Gasteiger partial charge in [0.2, 0.25) is 5.91 Å². The lowest BCUT2D eigenvalue weighted by atomic mass is 9.98. The molecule has 1 atom stereocenters. The number of benzene rings is 2. The lowest BCUT2D eigenvalue weighted by Crippen LogP contribution is -2.34. The zero-order valence-electron chi connectivity index (χ0n) is 15.6. The van der Waals surface area contributed by atoms with Crippen molar-refractivity contribution in [3.63, 3.8) is 0 Å². The Hall–Kier alpha value is -3.02. The fourth-order valence-electron chi connectivity index (χ4n) is 2.87. The molecule has 0 saturated carbocycles. The van der Waals surface area contributed by atoms with Crippen LogP contribution >= 0.6 is 0 Å². The monoisotopic (exact) mass is 371 g/mol. The van der Waals surface area contributed by atoms with Crippen LogP contribution in [-0.2, 0) is 22.4 Å². The minimum atomic E-state index is -0.953. The fourth-order valence-corrected chi connectivity index (χ4v) is 2.87. The van der Waals surface area contributed by atoms with Gasteiger partial charge in [-0.1, -0.05) is 36.4 Å². The third-order valence-corrected chi connectivity index (χ3v) is 4.37. The highest BCUT2D eigenvalue weighted by Gasteiger charge is 2.20. The summed E-state index contributed by atoms with van der Waals surface area (Å²) in [4.78, 5) is 23.7. The van der Waals surface area contributed by atoms with Crippen molar-refractivity contribution in [1.29, 1.82) is 0 Å². The number of hydrogen-bond acceptors (Lipinski definition) is 4. The van der Waals surface area contributed by atoms with Crippen LogP contribution in [0.15, 0.2) is 48.5 Å². The normalized spacial score (nSPS) is 11.5. The van der Waals surface area contributed by atoms with Crippen molar-refractivity contribution in [3.8, 4) is 11.5 Å². The number of methoxy groups -OCH3 is 2.